The van der Waals surface area contributed by atoms with Gasteiger partial charge in [-0.15, -0.1) is 12.3 Å². The van der Waals surface area contributed by atoms with Crippen molar-refractivity contribution in [3.8, 4) is 24.9 Å². The van der Waals surface area contributed by atoms with Crippen LogP contribution >= 0.6 is 0 Å². The zero-order valence-corrected chi connectivity index (χ0v) is 18.6. The average molecular weight is 401 g/mol. The topological polar surface area (TPSA) is 49.7 Å². The molecule has 0 aromatic carbocycles. The van der Waals surface area contributed by atoms with E-state index in [1.54, 1.807) is 0 Å². The highest BCUT2D eigenvalue weighted by Crippen LogP contribution is 2.21. The molecular weight excluding hydrogens is 360 g/mol. The second-order valence-corrected chi connectivity index (χ2v) is 6.15. The molecule has 0 radical (unpaired) electrons. The van der Waals surface area contributed by atoms with Crippen LogP contribution in [0.3, 0.4) is 0 Å². The lowest BCUT2D eigenvalue weighted by molar-refractivity contribution is 0.0771. The van der Waals surface area contributed by atoms with Gasteiger partial charge < -0.3 is 14.9 Å². The normalized spacial score (nSPS) is 15.7. The number of rotatable bonds is 11. The smallest absolute Gasteiger partial charge is 0.103 e. The van der Waals surface area contributed by atoms with Gasteiger partial charge in [-0.2, -0.15) is 0 Å². The van der Waals surface area contributed by atoms with Crippen molar-refractivity contribution < 1.29 is 14.9 Å². The molecule has 0 saturated carbocycles. The van der Waals surface area contributed by atoms with Crippen molar-refractivity contribution in [2.75, 3.05) is 13.2 Å². The summed E-state index contributed by atoms with van der Waals surface area (Å²) in [5, 5.41) is 15.9. The third-order valence-corrected chi connectivity index (χ3v) is 4.00. The number of aliphatic hydroxyl groups excluding tert-OH is 2. The van der Waals surface area contributed by atoms with Crippen LogP contribution in [0.15, 0.2) is 47.6 Å². The number of aliphatic hydroxyl groups is 2. The lowest BCUT2D eigenvalue weighted by Crippen LogP contribution is -2.10. The predicted molar refractivity (Wildman–Crippen MR) is 125 cm³/mol. The molecule has 1 aliphatic carbocycles. The van der Waals surface area contributed by atoms with Gasteiger partial charge >= 0.3 is 0 Å². The molecule has 1 unspecified atom stereocenters. The second kappa shape index (κ2) is 23.8. The largest absolute Gasteiger partial charge is 0.462 e. The average Bonchev–Trinajstić information content (AvgIpc) is 2.98. The zero-order valence-electron chi connectivity index (χ0n) is 18.6. The van der Waals surface area contributed by atoms with Crippen LogP contribution < -0.4 is 0 Å². The first kappa shape index (κ1) is 29.0. The summed E-state index contributed by atoms with van der Waals surface area (Å²) in [5.74, 6) is 2.68. The van der Waals surface area contributed by atoms with Gasteiger partial charge in [-0.1, -0.05) is 76.5 Å². The SMILES string of the molecule is C#CC/C=C(\C=C/CC)C1=CCCC(OCCCCCCO)C=C1.C#CO.CC. The van der Waals surface area contributed by atoms with Crippen molar-refractivity contribution in [2.45, 2.75) is 78.2 Å². The van der Waals surface area contributed by atoms with Gasteiger partial charge in [0.1, 0.15) is 6.11 Å². The summed E-state index contributed by atoms with van der Waals surface area (Å²) in [5.41, 5.74) is 2.44. The van der Waals surface area contributed by atoms with Gasteiger partial charge in [0.2, 0.25) is 0 Å². The first-order valence-corrected chi connectivity index (χ1v) is 10.7. The first-order valence-electron chi connectivity index (χ1n) is 10.7. The molecule has 162 valence electrons. The summed E-state index contributed by atoms with van der Waals surface area (Å²) in [6.45, 7) is 7.23. The predicted octanol–water partition coefficient (Wildman–Crippen LogP) is 6.09. The van der Waals surface area contributed by atoms with Crippen molar-refractivity contribution in [3.63, 3.8) is 0 Å². The lowest BCUT2D eigenvalue weighted by atomic mass is 10.0. The molecule has 0 bridgehead atoms. The molecule has 0 heterocycles. The van der Waals surface area contributed by atoms with Crippen molar-refractivity contribution in [3.05, 3.63) is 47.6 Å². The van der Waals surface area contributed by atoms with Gasteiger partial charge in [-0.05, 0) is 43.3 Å². The van der Waals surface area contributed by atoms with Gasteiger partial charge in [0.25, 0.3) is 0 Å². The third-order valence-electron chi connectivity index (χ3n) is 4.00. The van der Waals surface area contributed by atoms with Crippen LogP contribution in [0.25, 0.3) is 0 Å². The number of hydrogen-bond donors (Lipinski definition) is 2. The van der Waals surface area contributed by atoms with E-state index >= 15 is 0 Å². The molecule has 0 aliphatic heterocycles. The first-order chi connectivity index (χ1) is 14.2. The van der Waals surface area contributed by atoms with Crippen LogP contribution in [-0.4, -0.2) is 29.5 Å². The molecule has 29 heavy (non-hydrogen) atoms. The fourth-order valence-electron chi connectivity index (χ4n) is 2.63. The molecular formula is C26H40O3. The Morgan fingerprint density at radius 1 is 1.24 bits per heavy atom. The van der Waals surface area contributed by atoms with Crippen LogP contribution in [0.5, 0.6) is 0 Å². The van der Waals surface area contributed by atoms with Crippen molar-refractivity contribution in [1.82, 2.24) is 0 Å². The van der Waals surface area contributed by atoms with Crippen LogP contribution in [0, 0.1) is 24.9 Å². The molecule has 3 heteroatoms. The van der Waals surface area contributed by atoms with E-state index in [-0.39, 0.29) is 6.10 Å². The third kappa shape index (κ3) is 17.6. The molecule has 1 rings (SSSR count). The molecule has 0 amide bonds. The molecule has 1 aliphatic rings. The zero-order chi connectivity index (χ0) is 22.2. The molecule has 2 N–H and O–H groups in total. The van der Waals surface area contributed by atoms with E-state index in [0.29, 0.717) is 13.0 Å². The Morgan fingerprint density at radius 2 is 1.93 bits per heavy atom. The summed E-state index contributed by atoms with van der Waals surface area (Å²) < 4.78 is 5.98. The number of ether oxygens (including phenoxy) is 1. The fourth-order valence-corrected chi connectivity index (χ4v) is 2.63. The Morgan fingerprint density at radius 3 is 2.55 bits per heavy atom. The highest BCUT2D eigenvalue weighted by Gasteiger charge is 2.09. The summed E-state index contributed by atoms with van der Waals surface area (Å²) >= 11 is 0. The van der Waals surface area contributed by atoms with Crippen LogP contribution in [0.4, 0.5) is 0 Å². The minimum atomic E-state index is 0.195. The van der Waals surface area contributed by atoms with E-state index in [4.69, 9.17) is 21.4 Å². The maximum atomic E-state index is 8.77. The summed E-state index contributed by atoms with van der Waals surface area (Å²) in [6.07, 6.45) is 32.0. The molecule has 1 atom stereocenters. The van der Waals surface area contributed by atoms with Crippen molar-refractivity contribution >= 4 is 0 Å². The molecule has 0 spiro atoms. The maximum absolute atomic E-state index is 8.77. The molecule has 0 fully saturated rings. The van der Waals surface area contributed by atoms with E-state index < -0.39 is 0 Å². The summed E-state index contributed by atoms with van der Waals surface area (Å²) in [7, 11) is 0. The van der Waals surface area contributed by atoms with E-state index in [9.17, 15) is 0 Å². The molecule has 0 aromatic rings. The minimum absolute atomic E-state index is 0.195. The lowest BCUT2D eigenvalue weighted by Gasteiger charge is -2.12. The van der Waals surface area contributed by atoms with E-state index in [0.717, 1.165) is 51.6 Å². The van der Waals surface area contributed by atoms with Crippen LogP contribution in [0.2, 0.25) is 0 Å². The van der Waals surface area contributed by atoms with Crippen LogP contribution in [-0.2, 0) is 4.74 Å². The maximum Gasteiger partial charge on any atom is 0.103 e. The van der Waals surface area contributed by atoms with E-state index in [1.807, 2.05) is 13.8 Å². The van der Waals surface area contributed by atoms with E-state index in [2.05, 4.69) is 55.7 Å². The number of unbranched alkanes of at least 4 members (excludes halogenated alkanes) is 3. The fraction of sp³-hybridized carbons (Fsp3) is 0.538. The standard InChI is InChI=1S/C22H32O2.C2H2O.C2H6/c1-3-5-12-20(13-6-4-2)21-14-11-15-22(17-16-21)24-19-10-8-7-9-18-23;1-2-3;1-2/h1,6,12-14,16-17,22-23H,4-5,7-11,15,18-19H2,2H3;1,3H;1-2H3/b13-6-,20-12+;;. The highest BCUT2D eigenvalue weighted by molar-refractivity contribution is 5.47. The highest BCUT2D eigenvalue weighted by atomic mass is 16.5. The Kier molecular flexibility index (Phi) is 23.8. The van der Waals surface area contributed by atoms with E-state index in [1.165, 1.54) is 17.3 Å². The quantitative estimate of drug-likeness (QED) is 0.250. The minimum Gasteiger partial charge on any atom is -0.462 e. The Hall–Kier alpha value is -2.20. The Labute approximate surface area is 179 Å². The number of allylic oxidation sites excluding steroid dienone is 7. The van der Waals surface area contributed by atoms with Gasteiger partial charge in [-0.25, -0.2) is 0 Å². The Balaban J connectivity index is 0. The van der Waals surface area contributed by atoms with Crippen molar-refractivity contribution in [2.24, 2.45) is 0 Å². The van der Waals surface area contributed by atoms with Gasteiger partial charge in [0, 0.05) is 19.6 Å². The van der Waals surface area contributed by atoms with Gasteiger partial charge in [0.15, 0.2) is 0 Å². The number of terminal acetylenes is 2. The summed E-state index contributed by atoms with van der Waals surface area (Å²) in [6, 6.07) is 0. The van der Waals surface area contributed by atoms with Crippen LogP contribution in [0.1, 0.15) is 72.1 Å². The summed E-state index contributed by atoms with van der Waals surface area (Å²) in [4.78, 5) is 0. The molecule has 0 saturated heterocycles. The van der Waals surface area contributed by atoms with Gasteiger partial charge in [-0.3, -0.25) is 0 Å². The number of hydrogen-bond acceptors (Lipinski definition) is 3. The molecule has 3 nitrogen and oxygen atoms in total. The molecule has 0 aromatic heterocycles. The van der Waals surface area contributed by atoms with Crippen molar-refractivity contribution in [1.29, 1.82) is 0 Å². The van der Waals surface area contributed by atoms with Gasteiger partial charge in [0.05, 0.1) is 6.10 Å². The second-order valence-electron chi connectivity index (χ2n) is 6.15. The monoisotopic (exact) mass is 400 g/mol. The Bertz CT molecular complexity index is 568.